The molecular formula is C20H32ClN3O3S. The smallest absolute Gasteiger partial charge is 0.258 e. The van der Waals surface area contributed by atoms with E-state index in [4.69, 9.17) is 4.74 Å². The van der Waals surface area contributed by atoms with E-state index in [0.29, 0.717) is 18.1 Å². The van der Waals surface area contributed by atoms with E-state index < -0.39 is 6.04 Å². The van der Waals surface area contributed by atoms with Crippen LogP contribution >= 0.6 is 24.2 Å². The molecule has 0 saturated carbocycles. The van der Waals surface area contributed by atoms with E-state index in [0.717, 1.165) is 38.2 Å². The van der Waals surface area contributed by atoms with Gasteiger partial charge in [0.25, 0.3) is 5.91 Å². The number of piperidine rings is 1. The van der Waals surface area contributed by atoms with E-state index in [2.05, 4.69) is 10.6 Å². The molecule has 6 nitrogen and oxygen atoms in total. The van der Waals surface area contributed by atoms with Crippen LogP contribution in [-0.2, 0) is 9.59 Å². The van der Waals surface area contributed by atoms with Crippen LogP contribution in [0.4, 0.5) is 0 Å². The molecule has 2 amide bonds. The van der Waals surface area contributed by atoms with Gasteiger partial charge in [0, 0.05) is 13.1 Å². The molecule has 2 N–H and O–H groups in total. The van der Waals surface area contributed by atoms with Crippen LogP contribution in [0.25, 0.3) is 0 Å². The summed E-state index contributed by atoms with van der Waals surface area (Å²) in [6, 6.07) is 8.73. The number of thioether (sulfide) groups is 1. The fraction of sp³-hybridized carbons (Fsp3) is 0.600. The number of likely N-dealkylation sites (tertiary alicyclic amines) is 1. The predicted octanol–water partition coefficient (Wildman–Crippen LogP) is 2.18. The lowest BCUT2D eigenvalue weighted by molar-refractivity contribution is -0.138. The molecule has 0 aliphatic carbocycles. The Balaban J connectivity index is 0.00000392. The van der Waals surface area contributed by atoms with Crippen molar-refractivity contribution in [3.63, 3.8) is 0 Å². The third kappa shape index (κ3) is 8.29. The Morgan fingerprint density at radius 3 is 2.75 bits per heavy atom. The number of amides is 2. The summed E-state index contributed by atoms with van der Waals surface area (Å²) in [6.45, 7) is 2.35. The predicted molar refractivity (Wildman–Crippen MR) is 117 cm³/mol. The van der Waals surface area contributed by atoms with Gasteiger partial charge < -0.3 is 20.3 Å². The van der Waals surface area contributed by atoms with E-state index in [1.165, 1.54) is 0 Å². The normalized spacial score (nSPS) is 17.4. The minimum Gasteiger partial charge on any atom is -0.484 e. The van der Waals surface area contributed by atoms with Crippen LogP contribution in [0.1, 0.15) is 19.3 Å². The summed E-state index contributed by atoms with van der Waals surface area (Å²) < 4.78 is 5.50. The average Bonchev–Trinajstić information content (AvgIpc) is 2.70. The Kier molecular flexibility index (Phi) is 12.0. The Bertz CT molecular complexity index is 589. The standard InChI is InChI=1S/C20H31N3O3S.ClH/c1-21-13-16-7-6-11-23(14-16)20(25)18(10-12-27-2)22-19(24)15-26-17-8-4-3-5-9-17;/h3-5,8-9,16,18,21H,6-7,10-15H2,1-2H3,(H,22,24);1H. The molecule has 0 spiro atoms. The molecule has 1 heterocycles. The van der Waals surface area contributed by atoms with Crippen LogP contribution in [0.3, 0.4) is 0 Å². The molecule has 28 heavy (non-hydrogen) atoms. The molecule has 2 rings (SSSR count). The summed E-state index contributed by atoms with van der Waals surface area (Å²) >= 11 is 1.68. The number of ether oxygens (including phenoxy) is 1. The number of carbonyl (C=O) groups is 2. The lowest BCUT2D eigenvalue weighted by atomic mass is 9.97. The molecular weight excluding hydrogens is 398 g/mol. The van der Waals surface area contributed by atoms with E-state index in [9.17, 15) is 9.59 Å². The van der Waals surface area contributed by atoms with Crippen LogP contribution in [0.5, 0.6) is 5.75 Å². The van der Waals surface area contributed by atoms with Gasteiger partial charge >= 0.3 is 0 Å². The minimum absolute atomic E-state index is 0. The molecule has 1 aromatic rings. The van der Waals surface area contributed by atoms with Gasteiger partial charge in [-0.05, 0) is 62.9 Å². The van der Waals surface area contributed by atoms with Crippen LogP contribution in [0, 0.1) is 5.92 Å². The highest BCUT2D eigenvalue weighted by Gasteiger charge is 2.29. The monoisotopic (exact) mass is 429 g/mol. The van der Waals surface area contributed by atoms with Crippen molar-refractivity contribution in [2.45, 2.75) is 25.3 Å². The zero-order valence-electron chi connectivity index (χ0n) is 16.7. The highest BCUT2D eigenvalue weighted by atomic mass is 35.5. The molecule has 2 unspecified atom stereocenters. The zero-order valence-corrected chi connectivity index (χ0v) is 18.3. The van der Waals surface area contributed by atoms with Crippen LogP contribution in [-0.4, -0.2) is 68.1 Å². The van der Waals surface area contributed by atoms with Crippen molar-refractivity contribution in [2.75, 3.05) is 45.3 Å². The maximum absolute atomic E-state index is 13.0. The van der Waals surface area contributed by atoms with Gasteiger partial charge in [-0.2, -0.15) is 11.8 Å². The summed E-state index contributed by atoms with van der Waals surface area (Å²) in [5, 5.41) is 6.08. The lowest BCUT2D eigenvalue weighted by Crippen LogP contribution is -2.53. The summed E-state index contributed by atoms with van der Waals surface area (Å²) in [7, 11) is 1.94. The Labute approximate surface area is 178 Å². The number of nitrogens with one attached hydrogen (secondary N) is 2. The first-order valence-electron chi connectivity index (χ1n) is 9.53. The van der Waals surface area contributed by atoms with E-state index in [1.807, 2.05) is 36.4 Å². The molecule has 1 saturated heterocycles. The highest BCUT2D eigenvalue weighted by Crippen LogP contribution is 2.17. The van der Waals surface area contributed by atoms with Crippen molar-refractivity contribution in [1.82, 2.24) is 15.5 Å². The van der Waals surface area contributed by atoms with Crippen LogP contribution in [0.2, 0.25) is 0 Å². The van der Waals surface area contributed by atoms with Gasteiger partial charge in [0.05, 0.1) is 0 Å². The van der Waals surface area contributed by atoms with Crippen molar-refractivity contribution in [1.29, 1.82) is 0 Å². The number of benzene rings is 1. The first-order valence-corrected chi connectivity index (χ1v) is 10.9. The Morgan fingerprint density at radius 2 is 2.07 bits per heavy atom. The number of nitrogens with zero attached hydrogens (tertiary/aromatic N) is 1. The molecule has 0 bridgehead atoms. The molecule has 158 valence electrons. The van der Waals surface area contributed by atoms with Gasteiger partial charge in [0.1, 0.15) is 11.8 Å². The number of carbonyl (C=O) groups excluding carboxylic acids is 2. The second-order valence-electron chi connectivity index (χ2n) is 6.85. The second-order valence-corrected chi connectivity index (χ2v) is 7.84. The number of rotatable bonds is 10. The molecule has 1 aromatic carbocycles. The fourth-order valence-corrected chi connectivity index (χ4v) is 3.81. The topological polar surface area (TPSA) is 70.7 Å². The second kappa shape index (κ2) is 13.7. The van der Waals surface area contributed by atoms with Crippen molar-refractivity contribution in [3.05, 3.63) is 30.3 Å². The number of hydrogen-bond acceptors (Lipinski definition) is 5. The molecule has 1 fully saturated rings. The fourth-order valence-electron chi connectivity index (χ4n) is 3.34. The first-order chi connectivity index (χ1) is 13.1. The molecule has 0 aromatic heterocycles. The van der Waals surface area contributed by atoms with Gasteiger partial charge in [-0.25, -0.2) is 0 Å². The van der Waals surface area contributed by atoms with Crippen LogP contribution in [0.15, 0.2) is 30.3 Å². The van der Waals surface area contributed by atoms with Gasteiger partial charge in [0.15, 0.2) is 6.61 Å². The lowest BCUT2D eigenvalue weighted by Gasteiger charge is -2.35. The zero-order chi connectivity index (χ0) is 19.5. The first kappa shape index (κ1) is 24.6. The maximum atomic E-state index is 13.0. The van der Waals surface area contributed by atoms with Gasteiger partial charge in [0.2, 0.25) is 5.91 Å². The summed E-state index contributed by atoms with van der Waals surface area (Å²) in [4.78, 5) is 27.2. The van der Waals surface area contributed by atoms with Crippen molar-refractivity contribution in [2.24, 2.45) is 5.92 Å². The third-order valence-corrected chi connectivity index (χ3v) is 5.32. The minimum atomic E-state index is -0.488. The summed E-state index contributed by atoms with van der Waals surface area (Å²) in [5.74, 6) is 1.71. The summed E-state index contributed by atoms with van der Waals surface area (Å²) in [5.41, 5.74) is 0. The maximum Gasteiger partial charge on any atom is 0.258 e. The van der Waals surface area contributed by atoms with Gasteiger partial charge in [-0.1, -0.05) is 18.2 Å². The summed E-state index contributed by atoms with van der Waals surface area (Å²) in [6.07, 6.45) is 4.78. The van der Waals surface area contributed by atoms with Crippen molar-refractivity contribution >= 4 is 36.0 Å². The van der Waals surface area contributed by atoms with E-state index >= 15 is 0 Å². The Morgan fingerprint density at radius 1 is 1.32 bits per heavy atom. The number of halogens is 1. The van der Waals surface area contributed by atoms with Crippen LogP contribution < -0.4 is 15.4 Å². The van der Waals surface area contributed by atoms with Gasteiger partial charge in [-0.3, -0.25) is 9.59 Å². The molecule has 2 atom stereocenters. The molecule has 1 aliphatic rings. The largest absolute Gasteiger partial charge is 0.484 e. The Hall–Kier alpha value is -1.44. The molecule has 8 heteroatoms. The van der Waals surface area contributed by atoms with Crippen molar-refractivity contribution < 1.29 is 14.3 Å². The highest BCUT2D eigenvalue weighted by molar-refractivity contribution is 7.98. The quantitative estimate of drug-likeness (QED) is 0.596. The van der Waals surface area contributed by atoms with E-state index in [-0.39, 0.29) is 30.8 Å². The number of hydrogen-bond donors (Lipinski definition) is 2. The number of para-hydroxylation sites is 1. The average molecular weight is 430 g/mol. The van der Waals surface area contributed by atoms with Gasteiger partial charge in [-0.15, -0.1) is 12.4 Å². The molecule has 0 radical (unpaired) electrons. The van der Waals surface area contributed by atoms with E-state index in [1.54, 1.807) is 23.9 Å². The third-order valence-electron chi connectivity index (χ3n) is 4.68. The molecule has 1 aliphatic heterocycles. The van der Waals surface area contributed by atoms with Crippen molar-refractivity contribution in [3.8, 4) is 5.75 Å². The SMILES string of the molecule is CNCC1CCCN(C(=O)C(CCSC)NC(=O)COc2ccccc2)C1.Cl.